The molecule has 4 heterocycles. The van der Waals surface area contributed by atoms with Gasteiger partial charge in [0.15, 0.2) is 0 Å². The Bertz CT molecular complexity index is 1130. The highest BCUT2D eigenvalue weighted by Crippen LogP contribution is 2.30. The largest absolute Gasteiger partial charge is 0.339 e. The van der Waals surface area contributed by atoms with Crippen LogP contribution in [0.25, 0.3) is 22.3 Å². The van der Waals surface area contributed by atoms with Gasteiger partial charge in [-0.05, 0) is 32.3 Å². The van der Waals surface area contributed by atoms with E-state index in [1.165, 1.54) is 4.90 Å². The van der Waals surface area contributed by atoms with E-state index in [4.69, 9.17) is 4.52 Å². The number of urea groups is 1. The smallest absolute Gasteiger partial charge is 0.326 e. The van der Waals surface area contributed by atoms with E-state index in [-0.39, 0.29) is 17.9 Å². The molecule has 0 aliphatic carbocycles. The molecule has 0 saturated carbocycles. The highest BCUT2D eigenvalue weighted by Gasteiger charge is 2.33. The third-order valence-corrected chi connectivity index (χ3v) is 6.16. The molecule has 2 fully saturated rings. The van der Waals surface area contributed by atoms with E-state index in [1.807, 2.05) is 36.9 Å². The maximum Gasteiger partial charge on any atom is 0.326 e. The van der Waals surface area contributed by atoms with Crippen molar-refractivity contribution in [2.45, 2.75) is 38.5 Å². The first kappa shape index (κ1) is 18.8. The summed E-state index contributed by atoms with van der Waals surface area (Å²) in [5.41, 5.74) is 2.91. The Hall–Kier alpha value is -3.23. The lowest BCUT2D eigenvalue weighted by molar-refractivity contribution is -0.125. The Kier molecular flexibility index (Phi) is 4.52. The molecule has 2 aliphatic rings. The Morgan fingerprint density at radius 2 is 2.00 bits per heavy atom. The molecular formula is C21H24N6O3. The summed E-state index contributed by atoms with van der Waals surface area (Å²) >= 11 is 0. The molecule has 3 aromatic rings. The Morgan fingerprint density at radius 3 is 2.73 bits per heavy atom. The monoisotopic (exact) mass is 408 g/mol. The second-order valence-electron chi connectivity index (χ2n) is 8.09. The molecule has 2 aromatic heterocycles. The van der Waals surface area contributed by atoms with Crippen molar-refractivity contribution < 1.29 is 14.1 Å². The van der Waals surface area contributed by atoms with Crippen LogP contribution in [0.3, 0.4) is 0 Å². The fourth-order valence-corrected chi connectivity index (χ4v) is 4.43. The van der Waals surface area contributed by atoms with Gasteiger partial charge in [0.2, 0.25) is 17.6 Å². The van der Waals surface area contributed by atoms with Gasteiger partial charge in [-0.1, -0.05) is 17.3 Å². The van der Waals surface area contributed by atoms with E-state index in [9.17, 15) is 9.59 Å². The predicted octanol–water partition coefficient (Wildman–Crippen LogP) is 2.85. The molecule has 2 saturated heterocycles. The summed E-state index contributed by atoms with van der Waals surface area (Å²) in [4.78, 5) is 32.1. The van der Waals surface area contributed by atoms with Crippen LogP contribution in [-0.4, -0.2) is 61.3 Å². The molecule has 9 heteroatoms. The van der Waals surface area contributed by atoms with Gasteiger partial charge in [0.05, 0.1) is 11.2 Å². The second kappa shape index (κ2) is 7.23. The van der Waals surface area contributed by atoms with Crippen LogP contribution in [0, 0.1) is 6.92 Å². The number of carbonyl (C=O) groups excluding carboxylic acids is 2. The SMILES string of the molecule is Cc1nn(C)c2cc(-c3noc(C4CCN(C(=O)N5CCCC5=O)CC4)n3)ccc12. The topological polar surface area (TPSA) is 97.4 Å². The molecule has 30 heavy (non-hydrogen) atoms. The van der Waals surface area contributed by atoms with Crippen molar-refractivity contribution >= 4 is 22.8 Å². The number of rotatable bonds is 2. The van der Waals surface area contributed by atoms with Crippen molar-refractivity contribution in [1.29, 1.82) is 0 Å². The number of carbonyl (C=O) groups is 2. The summed E-state index contributed by atoms with van der Waals surface area (Å²) in [5.74, 6) is 1.22. The first-order chi connectivity index (χ1) is 14.5. The summed E-state index contributed by atoms with van der Waals surface area (Å²) < 4.78 is 7.42. The number of aryl methyl sites for hydroxylation is 2. The lowest BCUT2D eigenvalue weighted by Gasteiger charge is -2.32. The zero-order chi connectivity index (χ0) is 20.8. The second-order valence-corrected chi connectivity index (χ2v) is 8.09. The van der Waals surface area contributed by atoms with Crippen LogP contribution in [-0.2, 0) is 11.8 Å². The quantitative estimate of drug-likeness (QED) is 0.647. The number of imide groups is 1. The minimum Gasteiger partial charge on any atom is -0.339 e. The van der Waals surface area contributed by atoms with Crippen LogP contribution >= 0.6 is 0 Å². The third kappa shape index (κ3) is 3.14. The van der Waals surface area contributed by atoms with E-state index < -0.39 is 0 Å². The molecule has 2 aliphatic heterocycles. The van der Waals surface area contributed by atoms with Gasteiger partial charge in [-0.15, -0.1) is 0 Å². The predicted molar refractivity (Wildman–Crippen MR) is 109 cm³/mol. The lowest BCUT2D eigenvalue weighted by Crippen LogP contribution is -2.46. The van der Waals surface area contributed by atoms with Gasteiger partial charge in [0.25, 0.3) is 0 Å². The van der Waals surface area contributed by atoms with Crippen molar-refractivity contribution in [2.24, 2.45) is 7.05 Å². The van der Waals surface area contributed by atoms with Gasteiger partial charge in [-0.2, -0.15) is 10.1 Å². The van der Waals surface area contributed by atoms with Crippen LogP contribution < -0.4 is 0 Å². The number of benzene rings is 1. The summed E-state index contributed by atoms with van der Waals surface area (Å²) in [6, 6.07) is 5.88. The summed E-state index contributed by atoms with van der Waals surface area (Å²) in [6.07, 6.45) is 2.72. The van der Waals surface area contributed by atoms with E-state index in [1.54, 1.807) is 4.90 Å². The third-order valence-electron chi connectivity index (χ3n) is 6.16. The van der Waals surface area contributed by atoms with E-state index in [2.05, 4.69) is 15.2 Å². The minimum absolute atomic E-state index is 0.0655. The van der Waals surface area contributed by atoms with Crippen molar-refractivity contribution in [2.75, 3.05) is 19.6 Å². The van der Waals surface area contributed by atoms with Gasteiger partial charge < -0.3 is 9.42 Å². The molecule has 156 valence electrons. The van der Waals surface area contributed by atoms with E-state index >= 15 is 0 Å². The molecule has 0 unspecified atom stereocenters. The zero-order valence-corrected chi connectivity index (χ0v) is 17.2. The Morgan fingerprint density at radius 1 is 1.20 bits per heavy atom. The molecule has 5 rings (SSSR count). The maximum absolute atomic E-state index is 12.6. The van der Waals surface area contributed by atoms with Crippen molar-refractivity contribution in [3.05, 3.63) is 29.8 Å². The average molecular weight is 408 g/mol. The van der Waals surface area contributed by atoms with Crippen LogP contribution in [0.1, 0.15) is 43.2 Å². The molecule has 3 amide bonds. The van der Waals surface area contributed by atoms with Crippen LogP contribution in [0.5, 0.6) is 0 Å². The number of nitrogens with zero attached hydrogens (tertiary/aromatic N) is 6. The van der Waals surface area contributed by atoms with Crippen molar-refractivity contribution in [3.8, 4) is 11.4 Å². The molecule has 0 radical (unpaired) electrons. The normalized spacial score (nSPS) is 18.0. The van der Waals surface area contributed by atoms with Crippen molar-refractivity contribution in [1.82, 2.24) is 29.7 Å². The maximum atomic E-state index is 12.6. The Labute approximate surface area is 173 Å². The number of likely N-dealkylation sites (tertiary alicyclic amines) is 2. The van der Waals surface area contributed by atoms with E-state index in [0.29, 0.717) is 37.8 Å². The summed E-state index contributed by atoms with van der Waals surface area (Å²) in [6.45, 7) is 3.70. The highest BCUT2D eigenvalue weighted by molar-refractivity contribution is 5.95. The summed E-state index contributed by atoms with van der Waals surface area (Å²) in [7, 11) is 1.92. The van der Waals surface area contributed by atoms with Gasteiger partial charge in [-0.3, -0.25) is 14.4 Å². The average Bonchev–Trinajstić information content (AvgIpc) is 3.47. The Balaban J connectivity index is 1.28. The van der Waals surface area contributed by atoms with Crippen LogP contribution in [0.4, 0.5) is 4.79 Å². The first-order valence-electron chi connectivity index (χ1n) is 10.4. The van der Waals surface area contributed by atoms with Gasteiger partial charge >= 0.3 is 6.03 Å². The van der Waals surface area contributed by atoms with Crippen LogP contribution in [0.2, 0.25) is 0 Å². The number of hydrogen-bond acceptors (Lipinski definition) is 6. The highest BCUT2D eigenvalue weighted by atomic mass is 16.5. The minimum atomic E-state index is -0.165. The molecule has 0 bridgehead atoms. The fourth-order valence-electron chi connectivity index (χ4n) is 4.43. The number of piperidine rings is 1. The number of aromatic nitrogens is 4. The first-order valence-corrected chi connectivity index (χ1v) is 10.4. The standard InChI is InChI=1S/C21H24N6O3/c1-13-16-6-5-15(12-17(16)25(2)23-13)19-22-20(30-24-19)14-7-10-26(11-8-14)21(29)27-9-3-4-18(27)28/h5-6,12,14H,3-4,7-11H2,1-2H3. The molecule has 9 nitrogen and oxygen atoms in total. The zero-order valence-electron chi connectivity index (χ0n) is 17.2. The summed E-state index contributed by atoms with van der Waals surface area (Å²) in [5, 5.41) is 9.75. The van der Waals surface area contributed by atoms with Gasteiger partial charge in [0.1, 0.15) is 0 Å². The molecule has 0 N–H and O–H groups in total. The molecule has 0 atom stereocenters. The number of amides is 3. The fraction of sp³-hybridized carbons (Fsp3) is 0.476. The van der Waals surface area contributed by atoms with Gasteiger partial charge in [0, 0.05) is 50.0 Å². The van der Waals surface area contributed by atoms with Crippen LogP contribution in [0.15, 0.2) is 22.7 Å². The lowest BCUT2D eigenvalue weighted by atomic mass is 9.97. The number of hydrogen-bond donors (Lipinski definition) is 0. The molecule has 1 aromatic carbocycles. The van der Waals surface area contributed by atoms with Gasteiger partial charge in [-0.25, -0.2) is 4.79 Å². The van der Waals surface area contributed by atoms with E-state index in [0.717, 1.165) is 41.4 Å². The van der Waals surface area contributed by atoms with Crippen molar-refractivity contribution in [3.63, 3.8) is 0 Å². The molecule has 0 spiro atoms. The number of fused-ring (bicyclic) bond motifs is 1. The molecular weight excluding hydrogens is 384 g/mol.